The van der Waals surface area contributed by atoms with Crippen LogP contribution in [0.25, 0.3) is 0 Å². The van der Waals surface area contributed by atoms with E-state index in [9.17, 15) is 14.4 Å². The van der Waals surface area contributed by atoms with Crippen molar-refractivity contribution in [2.45, 2.75) is 39.7 Å². The van der Waals surface area contributed by atoms with Crippen LogP contribution >= 0.6 is 11.3 Å². The molecule has 0 saturated carbocycles. The van der Waals surface area contributed by atoms with E-state index in [0.29, 0.717) is 23.3 Å². The SMILES string of the molecule is CC(C)Cc1nnc(NC(=O)CCC(=O)NCc2cccc(NC(=O)N(C)C)c2)s1. The summed E-state index contributed by atoms with van der Waals surface area (Å²) in [5.41, 5.74) is 1.49. The van der Waals surface area contributed by atoms with Crippen LogP contribution < -0.4 is 16.0 Å². The summed E-state index contributed by atoms with van der Waals surface area (Å²) in [5, 5.41) is 17.5. The standard InChI is InChI=1S/C20H28N6O3S/c1-13(2)10-18-24-25-19(30-18)23-17(28)9-8-16(27)21-12-14-6-5-7-15(11-14)22-20(29)26(3)4/h5-7,11,13H,8-10,12H2,1-4H3,(H,21,27)(H,22,29)(H,23,25,28). The highest BCUT2D eigenvalue weighted by Gasteiger charge is 2.11. The molecule has 9 nitrogen and oxygen atoms in total. The van der Waals surface area contributed by atoms with E-state index in [1.54, 1.807) is 32.3 Å². The first-order valence-corrected chi connectivity index (χ1v) is 10.5. The minimum atomic E-state index is -0.272. The fraction of sp³-hybridized carbons (Fsp3) is 0.450. The summed E-state index contributed by atoms with van der Waals surface area (Å²) < 4.78 is 0. The minimum Gasteiger partial charge on any atom is -0.352 e. The second kappa shape index (κ2) is 11.2. The Morgan fingerprint density at radius 1 is 1.07 bits per heavy atom. The number of anilines is 2. The molecule has 1 heterocycles. The van der Waals surface area contributed by atoms with Crippen LogP contribution in [-0.2, 0) is 22.6 Å². The number of aromatic nitrogens is 2. The first kappa shape index (κ1) is 23.3. The molecular formula is C20H28N6O3S. The van der Waals surface area contributed by atoms with Gasteiger partial charge in [0.25, 0.3) is 0 Å². The molecular weight excluding hydrogens is 404 g/mol. The molecule has 0 saturated heterocycles. The summed E-state index contributed by atoms with van der Waals surface area (Å²) in [6.45, 7) is 4.49. The Kier molecular flexibility index (Phi) is 8.72. The monoisotopic (exact) mass is 432 g/mol. The summed E-state index contributed by atoms with van der Waals surface area (Å²) in [6.07, 6.45) is 0.945. The Morgan fingerprint density at radius 3 is 2.50 bits per heavy atom. The van der Waals surface area contributed by atoms with Crippen LogP contribution in [-0.4, -0.2) is 47.0 Å². The second-order valence-corrected chi connectivity index (χ2v) is 8.51. The van der Waals surface area contributed by atoms with Gasteiger partial charge in [0, 0.05) is 45.6 Å². The molecule has 1 aromatic carbocycles. The Labute approximate surface area is 180 Å². The van der Waals surface area contributed by atoms with Crippen molar-refractivity contribution >= 4 is 40.0 Å². The van der Waals surface area contributed by atoms with E-state index >= 15 is 0 Å². The predicted molar refractivity (Wildman–Crippen MR) is 117 cm³/mol. The molecule has 0 spiro atoms. The zero-order valence-electron chi connectivity index (χ0n) is 17.7. The van der Waals surface area contributed by atoms with Gasteiger partial charge in [-0.25, -0.2) is 4.79 Å². The number of amides is 4. The van der Waals surface area contributed by atoms with Crippen molar-refractivity contribution < 1.29 is 14.4 Å². The molecule has 10 heteroatoms. The lowest BCUT2D eigenvalue weighted by Gasteiger charge is -2.13. The Bertz CT molecular complexity index is 881. The molecule has 0 aliphatic rings. The largest absolute Gasteiger partial charge is 0.352 e. The number of carbonyl (C=O) groups is 3. The van der Waals surface area contributed by atoms with Crippen LogP contribution in [0.2, 0.25) is 0 Å². The number of urea groups is 1. The third-order valence-corrected chi connectivity index (χ3v) is 4.81. The highest BCUT2D eigenvalue weighted by Crippen LogP contribution is 2.18. The molecule has 162 valence electrons. The number of hydrogen-bond acceptors (Lipinski definition) is 6. The van der Waals surface area contributed by atoms with Crippen molar-refractivity contribution in [1.29, 1.82) is 0 Å². The maximum atomic E-state index is 12.1. The molecule has 30 heavy (non-hydrogen) atoms. The number of hydrogen-bond donors (Lipinski definition) is 3. The molecule has 0 fully saturated rings. The summed E-state index contributed by atoms with van der Waals surface area (Å²) >= 11 is 1.35. The van der Waals surface area contributed by atoms with E-state index in [0.717, 1.165) is 17.0 Å². The normalized spacial score (nSPS) is 10.6. The van der Waals surface area contributed by atoms with Gasteiger partial charge in [-0.2, -0.15) is 0 Å². The first-order chi connectivity index (χ1) is 14.2. The van der Waals surface area contributed by atoms with Gasteiger partial charge in [0.2, 0.25) is 16.9 Å². The van der Waals surface area contributed by atoms with Crippen molar-refractivity contribution in [2.24, 2.45) is 5.92 Å². The van der Waals surface area contributed by atoms with Crippen LogP contribution in [0.4, 0.5) is 15.6 Å². The average molecular weight is 433 g/mol. The number of carbonyl (C=O) groups excluding carboxylic acids is 3. The fourth-order valence-electron chi connectivity index (χ4n) is 2.43. The number of benzene rings is 1. The Morgan fingerprint density at radius 2 is 1.80 bits per heavy atom. The van der Waals surface area contributed by atoms with Crippen LogP contribution in [0.15, 0.2) is 24.3 Å². The molecule has 0 atom stereocenters. The van der Waals surface area contributed by atoms with Crippen LogP contribution in [0.1, 0.15) is 37.3 Å². The topological polar surface area (TPSA) is 116 Å². The summed E-state index contributed by atoms with van der Waals surface area (Å²) in [4.78, 5) is 37.2. The third-order valence-electron chi connectivity index (χ3n) is 3.95. The number of nitrogens with one attached hydrogen (secondary N) is 3. The van der Waals surface area contributed by atoms with Crippen LogP contribution in [0.5, 0.6) is 0 Å². The van der Waals surface area contributed by atoms with E-state index in [1.165, 1.54) is 16.2 Å². The molecule has 3 N–H and O–H groups in total. The lowest BCUT2D eigenvalue weighted by molar-refractivity contribution is -0.124. The van der Waals surface area contributed by atoms with E-state index in [2.05, 4.69) is 40.0 Å². The summed E-state index contributed by atoms with van der Waals surface area (Å²) in [5.74, 6) is -0.0356. The Balaban J connectivity index is 1.73. The lowest BCUT2D eigenvalue weighted by Crippen LogP contribution is -2.27. The van der Waals surface area contributed by atoms with Gasteiger partial charge in [-0.05, 0) is 23.6 Å². The first-order valence-electron chi connectivity index (χ1n) is 9.69. The fourth-order valence-corrected chi connectivity index (χ4v) is 3.40. The molecule has 0 aliphatic heterocycles. The van der Waals surface area contributed by atoms with Gasteiger partial charge < -0.3 is 20.9 Å². The summed E-state index contributed by atoms with van der Waals surface area (Å²) in [6, 6.07) is 6.99. The van der Waals surface area contributed by atoms with E-state index < -0.39 is 0 Å². The molecule has 0 aliphatic carbocycles. The second-order valence-electron chi connectivity index (χ2n) is 7.45. The maximum Gasteiger partial charge on any atom is 0.321 e. The van der Waals surface area contributed by atoms with Gasteiger partial charge in [0.15, 0.2) is 0 Å². The van der Waals surface area contributed by atoms with E-state index in [1.807, 2.05) is 6.07 Å². The van der Waals surface area contributed by atoms with Gasteiger partial charge in [-0.1, -0.05) is 37.3 Å². The minimum absolute atomic E-state index is 0.0594. The molecule has 0 radical (unpaired) electrons. The van der Waals surface area contributed by atoms with Crippen molar-refractivity contribution in [3.05, 3.63) is 34.8 Å². The van der Waals surface area contributed by atoms with E-state index in [-0.39, 0.29) is 30.7 Å². The summed E-state index contributed by atoms with van der Waals surface area (Å²) in [7, 11) is 3.32. The quantitative estimate of drug-likeness (QED) is 0.563. The van der Waals surface area contributed by atoms with Crippen LogP contribution in [0.3, 0.4) is 0 Å². The molecule has 0 bridgehead atoms. The highest BCUT2D eigenvalue weighted by atomic mass is 32.1. The number of rotatable bonds is 9. The molecule has 4 amide bonds. The highest BCUT2D eigenvalue weighted by molar-refractivity contribution is 7.15. The third kappa shape index (κ3) is 8.16. The maximum absolute atomic E-state index is 12.1. The van der Waals surface area contributed by atoms with Gasteiger partial charge in [0.1, 0.15) is 5.01 Å². The average Bonchev–Trinajstić information content (AvgIpc) is 3.10. The lowest BCUT2D eigenvalue weighted by atomic mass is 10.1. The van der Waals surface area contributed by atoms with Gasteiger partial charge in [0.05, 0.1) is 0 Å². The van der Waals surface area contributed by atoms with Gasteiger partial charge >= 0.3 is 6.03 Å². The van der Waals surface area contributed by atoms with Crippen molar-refractivity contribution in [2.75, 3.05) is 24.7 Å². The molecule has 2 aromatic rings. The predicted octanol–water partition coefficient (Wildman–Crippen LogP) is 2.87. The zero-order valence-corrected chi connectivity index (χ0v) is 18.5. The van der Waals surface area contributed by atoms with E-state index in [4.69, 9.17) is 0 Å². The van der Waals surface area contributed by atoms with Crippen LogP contribution in [0, 0.1) is 5.92 Å². The number of nitrogens with zero attached hydrogens (tertiary/aromatic N) is 3. The van der Waals surface area contributed by atoms with Crippen molar-refractivity contribution in [3.63, 3.8) is 0 Å². The Hall–Kier alpha value is -3.01. The van der Waals surface area contributed by atoms with Gasteiger partial charge in [-0.15, -0.1) is 10.2 Å². The smallest absolute Gasteiger partial charge is 0.321 e. The molecule has 2 rings (SSSR count). The molecule has 1 aromatic heterocycles. The molecule has 0 unspecified atom stereocenters. The van der Waals surface area contributed by atoms with Crippen molar-refractivity contribution in [3.8, 4) is 0 Å². The van der Waals surface area contributed by atoms with Gasteiger partial charge in [-0.3, -0.25) is 9.59 Å². The van der Waals surface area contributed by atoms with Crippen molar-refractivity contribution in [1.82, 2.24) is 20.4 Å². The zero-order chi connectivity index (χ0) is 22.1.